The van der Waals surface area contributed by atoms with E-state index in [1.165, 1.54) is 0 Å². The summed E-state index contributed by atoms with van der Waals surface area (Å²) in [5, 5.41) is 18.7. The number of quaternary nitrogens is 1. The second-order valence-electron chi connectivity index (χ2n) is 7.00. The molecule has 0 aliphatic rings. The Morgan fingerprint density at radius 1 is 0.958 bits per heavy atom. The lowest BCUT2D eigenvalue weighted by Gasteiger charge is -2.34. The molecule has 24 heavy (non-hydrogen) atoms. The quantitative estimate of drug-likeness (QED) is 0.289. The molecule has 8 heteroatoms. The summed E-state index contributed by atoms with van der Waals surface area (Å²) in [6, 6.07) is 0.701. The second kappa shape index (κ2) is 11.5. The van der Waals surface area contributed by atoms with Gasteiger partial charge in [-0.25, -0.2) is 0 Å². The molecule has 0 bridgehead atoms. The van der Waals surface area contributed by atoms with Crippen LogP contribution in [0.4, 0.5) is 0 Å². The first-order valence-corrected chi connectivity index (χ1v) is 10.9. The first kappa shape index (κ1) is 23.9. The maximum Gasteiger partial charge on any atom is 0.501 e. The van der Waals surface area contributed by atoms with Crippen molar-refractivity contribution in [2.24, 2.45) is 5.73 Å². The lowest BCUT2D eigenvalue weighted by molar-refractivity contribution is -0.890. The third-order valence-corrected chi connectivity index (χ3v) is 7.02. The van der Waals surface area contributed by atoms with Gasteiger partial charge in [0.1, 0.15) is 0 Å². The number of aliphatic hydroxyl groups excluding tert-OH is 2. The average molecular weight is 368 g/mol. The van der Waals surface area contributed by atoms with Gasteiger partial charge >= 0.3 is 8.80 Å². The van der Waals surface area contributed by atoms with Crippen LogP contribution in [0.1, 0.15) is 33.6 Å². The highest BCUT2D eigenvalue weighted by Crippen LogP contribution is 2.21. The van der Waals surface area contributed by atoms with E-state index in [1.54, 1.807) is 0 Å². The lowest BCUT2D eigenvalue weighted by Crippen LogP contribution is -2.56. The molecular formula is C16H39N2O5Si+. The third kappa shape index (κ3) is 8.86. The van der Waals surface area contributed by atoms with Crippen LogP contribution >= 0.6 is 0 Å². The van der Waals surface area contributed by atoms with Crippen molar-refractivity contribution < 1.29 is 28.0 Å². The summed E-state index contributed by atoms with van der Waals surface area (Å²) in [7, 11) is 1.57. The van der Waals surface area contributed by atoms with E-state index in [4.69, 9.17) is 19.0 Å². The fourth-order valence-corrected chi connectivity index (χ4v) is 5.28. The molecule has 0 aliphatic carbocycles. The number of nitrogens with zero attached hydrogens (tertiary/aromatic N) is 1. The van der Waals surface area contributed by atoms with Crippen LogP contribution in [0.5, 0.6) is 0 Å². The van der Waals surface area contributed by atoms with Gasteiger partial charge in [0.25, 0.3) is 0 Å². The number of nitrogens with two attached hydrogens (primary N) is 1. The van der Waals surface area contributed by atoms with Crippen molar-refractivity contribution in [3.8, 4) is 0 Å². The molecule has 0 spiro atoms. The Kier molecular flexibility index (Phi) is 11.5. The maximum absolute atomic E-state index is 9.35. The van der Waals surface area contributed by atoms with E-state index in [0.29, 0.717) is 19.3 Å². The van der Waals surface area contributed by atoms with Crippen LogP contribution in [0, 0.1) is 0 Å². The topological polar surface area (TPSA) is 94.2 Å². The zero-order valence-electron chi connectivity index (χ0n) is 16.2. The molecule has 0 aromatic rings. The van der Waals surface area contributed by atoms with Crippen molar-refractivity contribution in [3.63, 3.8) is 0 Å². The lowest BCUT2D eigenvalue weighted by atomic mass is 10.1. The van der Waals surface area contributed by atoms with E-state index in [2.05, 4.69) is 21.0 Å². The van der Waals surface area contributed by atoms with Gasteiger partial charge in [-0.1, -0.05) is 6.92 Å². The van der Waals surface area contributed by atoms with Crippen LogP contribution < -0.4 is 5.73 Å². The Bertz CT molecular complexity index is 322. The van der Waals surface area contributed by atoms with Crippen LogP contribution in [0.2, 0.25) is 6.04 Å². The minimum absolute atomic E-state index is 0.0133. The van der Waals surface area contributed by atoms with Crippen molar-refractivity contribution in [1.29, 1.82) is 0 Å². The molecule has 7 nitrogen and oxygen atoms in total. The van der Waals surface area contributed by atoms with Gasteiger partial charge in [0.05, 0.1) is 52.5 Å². The van der Waals surface area contributed by atoms with E-state index in [1.807, 2.05) is 13.8 Å². The largest absolute Gasteiger partial charge is 0.501 e. The van der Waals surface area contributed by atoms with Gasteiger partial charge in [0.15, 0.2) is 0 Å². The highest BCUT2D eigenvalue weighted by Gasteiger charge is 2.43. The highest BCUT2D eigenvalue weighted by atomic mass is 28.4. The Morgan fingerprint density at radius 3 is 1.92 bits per heavy atom. The van der Waals surface area contributed by atoms with Crippen LogP contribution in [0.25, 0.3) is 0 Å². The van der Waals surface area contributed by atoms with Gasteiger partial charge in [-0.15, -0.1) is 0 Å². The fraction of sp³-hybridized carbons (Fsp3) is 1.00. The van der Waals surface area contributed by atoms with Crippen LogP contribution in [0.3, 0.4) is 0 Å². The molecule has 0 heterocycles. The number of hydrogen-bond acceptors (Lipinski definition) is 6. The van der Waals surface area contributed by atoms with E-state index in [-0.39, 0.29) is 19.8 Å². The van der Waals surface area contributed by atoms with Crippen molar-refractivity contribution >= 4 is 8.80 Å². The summed E-state index contributed by atoms with van der Waals surface area (Å²) in [4.78, 5) is 0. The minimum Gasteiger partial charge on any atom is -0.394 e. The predicted molar refractivity (Wildman–Crippen MR) is 97.6 cm³/mol. The molecule has 0 fully saturated rings. The standard InChI is InChI=1S/C16H39N2O5Si/c1-6-10-18(4,5)11-9-12-24(21-7-2,22-8-3)23-15-16(17,13-19)14-20/h19-20H,6-15,17H2,1-5H3/q+1. The molecule has 0 aliphatic heterocycles. The smallest absolute Gasteiger partial charge is 0.394 e. The molecule has 0 aromatic carbocycles. The molecule has 0 amide bonds. The highest BCUT2D eigenvalue weighted by molar-refractivity contribution is 6.60. The Balaban J connectivity index is 4.87. The summed E-state index contributed by atoms with van der Waals surface area (Å²) >= 11 is 0. The molecule has 4 N–H and O–H groups in total. The summed E-state index contributed by atoms with van der Waals surface area (Å²) in [6.45, 7) is 8.44. The van der Waals surface area contributed by atoms with Gasteiger partial charge in [-0.3, -0.25) is 0 Å². The summed E-state index contributed by atoms with van der Waals surface area (Å²) < 4.78 is 18.7. The Morgan fingerprint density at radius 2 is 1.50 bits per heavy atom. The normalized spacial score (nSPS) is 13.5. The first-order valence-electron chi connectivity index (χ1n) is 8.96. The third-order valence-electron chi connectivity index (χ3n) is 4.01. The van der Waals surface area contributed by atoms with E-state index in [9.17, 15) is 10.2 Å². The average Bonchev–Trinajstić information content (AvgIpc) is 2.53. The molecular weight excluding hydrogens is 328 g/mol. The van der Waals surface area contributed by atoms with Gasteiger partial charge in [0.2, 0.25) is 0 Å². The molecule has 0 saturated heterocycles. The van der Waals surface area contributed by atoms with E-state index >= 15 is 0 Å². The van der Waals surface area contributed by atoms with Crippen molar-refractivity contribution in [2.75, 3.05) is 60.2 Å². The second-order valence-corrected chi connectivity index (χ2v) is 9.73. The predicted octanol–water partition coefficient (Wildman–Crippen LogP) is 0.574. The van der Waals surface area contributed by atoms with Crippen LogP contribution in [-0.2, 0) is 13.3 Å². The first-order chi connectivity index (χ1) is 11.2. The Labute approximate surface area is 148 Å². The number of rotatable bonds is 15. The molecule has 0 saturated carbocycles. The van der Waals surface area contributed by atoms with Gasteiger partial charge in [0, 0.05) is 25.7 Å². The van der Waals surface area contributed by atoms with Gasteiger partial charge in [-0.2, -0.15) is 0 Å². The van der Waals surface area contributed by atoms with Gasteiger partial charge in [-0.05, 0) is 20.3 Å². The van der Waals surface area contributed by atoms with Crippen molar-refractivity contribution in [2.45, 2.75) is 45.2 Å². The molecule has 0 aromatic heterocycles. The van der Waals surface area contributed by atoms with Crippen LogP contribution in [-0.4, -0.2) is 89.3 Å². The minimum atomic E-state index is -2.87. The molecule has 146 valence electrons. The molecule has 0 radical (unpaired) electrons. The number of hydrogen-bond donors (Lipinski definition) is 3. The van der Waals surface area contributed by atoms with Gasteiger partial charge < -0.3 is 33.7 Å². The fourth-order valence-electron chi connectivity index (χ4n) is 2.62. The molecule has 0 rings (SSSR count). The maximum atomic E-state index is 9.35. The Hall–Kier alpha value is -0.0631. The molecule has 0 atom stereocenters. The summed E-state index contributed by atoms with van der Waals surface area (Å²) in [5.74, 6) is 0. The zero-order valence-corrected chi connectivity index (χ0v) is 17.2. The van der Waals surface area contributed by atoms with Crippen molar-refractivity contribution in [3.05, 3.63) is 0 Å². The summed E-state index contributed by atoms with van der Waals surface area (Å²) in [5.41, 5.74) is 4.74. The van der Waals surface area contributed by atoms with E-state index in [0.717, 1.165) is 30.4 Å². The van der Waals surface area contributed by atoms with Crippen LogP contribution in [0.15, 0.2) is 0 Å². The summed E-state index contributed by atoms with van der Waals surface area (Å²) in [6.07, 6.45) is 2.07. The monoisotopic (exact) mass is 367 g/mol. The number of aliphatic hydroxyl groups is 2. The van der Waals surface area contributed by atoms with E-state index < -0.39 is 14.3 Å². The SMILES string of the molecule is CCC[N+](C)(C)CCC[Si](OCC)(OCC)OCC(N)(CO)CO. The zero-order chi connectivity index (χ0) is 18.7. The molecule has 0 unspecified atom stereocenters. The van der Waals surface area contributed by atoms with Crippen molar-refractivity contribution in [1.82, 2.24) is 0 Å².